The van der Waals surface area contributed by atoms with E-state index < -0.39 is 11.7 Å². The van der Waals surface area contributed by atoms with Crippen LogP contribution in [-0.4, -0.2) is 30.0 Å². The van der Waals surface area contributed by atoms with Crippen LogP contribution in [0.4, 0.5) is 10.1 Å². The highest BCUT2D eigenvalue weighted by Gasteiger charge is 2.18. The molecule has 0 saturated carbocycles. The highest BCUT2D eigenvalue weighted by atomic mass is 35.5. The number of benzene rings is 3. The Balaban J connectivity index is 1.52. The van der Waals surface area contributed by atoms with Gasteiger partial charge in [-0.05, 0) is 42.5 Å². The minimum absolute atomic E-state index is 0.0278. The third-order valence-corrected chi connectivity index (χ3v) is 5.50. The molecule has 1 amide bonds. The summed E-state index contributed by atoms with van der Waals surface area (Å²) in [5.41, 5.74) is 2.72. The van der Waals surface area contributed by atoms with Crippen LogP contribution >= 0.6 is 23.2 Å². The van der Waals surface area contributed by atoms with Crippen molar-refractivity contribution in [2.24, 2.45) is 0 Å². The predicted molar refractivity (Wildman–Crippen MR) is 129 cm³/mol. The van der Waals surface area contributed by atoms with Crippen molar-refractivity contribution in [2.45, 2.75) is 6.54 Å². The van der Waals surface area contributed by atoms with Gasteiger partial charge in [-0.1, -0.05) is 29.3 Å². The summed E-state index contributed by atoms with van der Waals surface area (Å²) in [4.78, 5) is 21.8. The lowest BCUT2D eigenvalue weighted by Gasteiger charge is -2.13. The Morgan fingerprint density at radius 3 is 2.74 bits per heavy atom. The normalized spacial score (nSPS) is 10.7. The second-order valence-corrected chi connectivity index (χ2v) is 8.45. The molecule has 0 bridgehead atoms. The molecule has 0 radical (unpaired) electrons. The first-order valence-corrected chi connectivity index (χ1v) is 10.8. The summed E-state index contributed by atoms with van der Waals surface area (Å²) >= 11 is 12.1. The first-order chi connectivity index (χ1) is 16.2. The summed E-state index contributed by atoms with van der Waals surface area (Å²) < 4.78 is 20.7. The zero-order valence-electron chi connectivity index (χ0n) is 18.1. The highest BCUT2D eigenvalue weighted by Crippen LogP contribution is 2.35. The first-order valence-electron chi connectivity index (χ1n) is 10.1. The Hall–Kier alpha value is -3.80. The first kappa shape index (κ1) is 23.4. The number of amides is 1. The van der Waals surface area contributed by atoms with E-state index in [0.29, 0.717) is 11.0 Å². The van der Waals surface area contributed by atoms with Crippen molar-refractivity contribution in [3.8, 4) is 17.6 Å². The van der Waals surface area contributed by atoms with Gasteiger partial charge in [0.25, 0.3) is 5.91 Å². The van der Waals surface area contributed by atoms with Crippen molar-refractivity contribution in [1.29, 1.82) is 5.26 Å². The zero-order valence-corrected chi connectivity index (χ0v) is 19.6. The van der Waals surface area contributed by atoms with Gasteiger partial charge in [-0.3, -0.25) is 4.79 Å². The van der Waals surface area contributed by atoms with Crippen LogP contribution in [-0.2, 0) is 6.54 Å². The van der Waals surface area contributed by atoms with Crippen molar-refractivity contribution in [2.75, 3.05) is 19.0 Å². The molecule has 0 atom stereocenters. The molecule has 10 heteroatoms. The predicted octanol–water partition coefficient (Wildman–Crippen LogP) is 5.67. The van der Waals surface area contributed by atoms with E-state index in [1.165, 1.54) is 30.3 Å². The van der Waals surface area contributed by atoms with E-state index in [9.17, 15) is 4.79 Å². The highest BCUT2D eigenvalue weighted by molar-refractivity contribution is 6.32. The van der Waals surface area contributed by atoms with Crippen molar-refractivity contribution >= 4 is 45.8 Å². The maximum atomic E-state index is 15.2. The van der Waals surface area contributed by atoms with Crippen molar-refractivity contribution < 1.29 is 13.9 Å². The van der Waals surface area contributed by atoms with E-state index in [1.807, 2.05) is 43.3 Å². The topological polar surface area (TPSA) is 94.0 Å². The van der Waals surface area contributed by atoms with E-state index in [1.54, 1.807) is 0 Å². The molecular weight excluding hydrogens is 480 g/mol. The number of aromatic amines is 1. The van der Waals surface area contributed by atoms with E-state index >= 15 is 4.39 Å². The molecule has 34 heavy (non-hydrogen) atoms. The number of halogens is 3. The number of hydrogen-bond acceptors (Lipinski definition) is 5. The average Bonchev–Trinajstić information content (AvgIpc) is 3.24. The van der Waals surface area contributed by atoms with Gasteiger partial charge in [-0.25, -0.2) is 9.37 Å². The van der Waals surface area contributed by atoms with Crippen LogP contribution in [0.3, 0.4) is 0 Å². The molecule has 1 aromatic heterocycles. The van der Waals surface area contributed by atoms with Gasteiger partial charge in [0.15, 0.2) is 17.4 Å². The molecule has 7 nitrogen and oxygen atoms in total. The van der Waals surface area contributed by atoms with Gasteiger partial charge in [-0.2, -0.15) is 5.26 Å². The maximum Gasteiger partial charge on any atom is 0.287 e. The molecule has 0 unspecified atom stereocenters. The van der Waals surface area contributed by atoms with Gasteiger partial charge in [-0.15, -0.1) is 0 Å². The third-order valence-electron chi connectivity index (χ3n) is 4.99. The summed E-state index contributed by atoms with van der Waals surface area (Å²) in [5, 5.41) is 12.0. The Morgan fingerprint density at radius 2 is 2.00 bits per heavy atom. The minimum Gasteiger partial charge on any atom is -0.453 e. The van der Waals surface area contributed by atoms with E-state index in [0.717, 1.165) is 5.69 Å². The summed E-state index contributed by atoms with van der Waals surface area (Å²) in [6, 6.07) is 14.8. The second-order valence-electron chi connectivity index (χ2n) is 7.60. The number of fused-ring (bicyclic) bond motifs is 1. The van der Waals surface area contributed by atoms with Crippen LogP contribution in [0.5, 0.6) is 11.5 Å². The van der Waals surface area contributed by atoms with Crippen LogP contribution in [0.1, 0.15) is 21.7 Å². The van der Waals surface area contributed by atoms with Crippen molar-refractivity contribution in [1.82, 2.24) is 15.3 Å². The van der Waals surface area contributed by atoms with Crippen LogP contribution in [0, 0.1) is 17.1 Å². The average molecular weight is 498 g/mol. The molecule has 0 spiro atoms. The number of H-pyrrole nitrogens is 1. The van der Waals surface area contributed by atoms with Gasteiger partial charge >= 0.3 is 0 Å². The largest absolute Gasteiger partial charge is 0.453 e. The van der Waals surface area contributed by atoms with Crippen LogP contribution < -0.4 is 15.0 Å². The summed E-state index contributed by atoms with van der Waals surface area (Å²) in [7, 11) is 3.83. The Kier molecular flexibility index (Phi) is 6.59. The number of nitrogens with one attached hydrogen (secondary N) is 2. The quantitative estimate of drug-likeness (QED) is 0.357. The molecule has 0 fully saturated rings. The summed E-state index contributed by atoms with van der Waals surface area (Å²) in [5.74, 6) is -1.20. The van der Waals surface area contributed by atoms with Gasteiger partial charge in [0, 0.05) is 36.9 Å². The van der Waals surface area contributed by atoms with Crippen molar-refractivity contribution in [3.63, 3.8) is 0 Å². The van der Waals surface area contributed by atoms with Crippen LogP contribution in [0.25, 0.3) is 11.0 Å². The molecular formula is C24H18Cl2FN5O2. The number of anilines is 1. The number of carbonyl (C=O) groups is 1. The molecule has 0 aliphatic rings. The van der Waals surface area contributed by atoms with Gasteiger partial charge < -0.3 is 19.9 Å². The fourth-order valence-corrected chi connectivity index (χ4v) is 3.66. The molecule has 0 aliphatic heterocycles. The summed E-state index contributed by atoms with van der Waals surface area (Å²) in [6.45, 7) is -0.128. The number of ether oxygens (including phenoxy) is 1. The number of hydrogen-bond donors (Lipinski definition) is 2. The molecule has 0 saturated heterocycles. The Bertz CT molecular complexity index is 1450. The minimum atomic E-state index is -0.744. The number of carbonyl (C=O) groups excluding carboxylic acids is 1. The monoisotopic (exact) mass is 497 g/mol. The standard InChI is InChI=1S/C24H18Cl2FN5O2/c1-32(2)16-4-6-19-20(10-16)31-23(30-19)24(33)29-12-14-3-5-18(26)22(21(14)27)34-17-8-13(11-28)7-15(25)9-17/h3-10H,12H2,1-2H3,(H,29,33)(H,30,31). The smallest absolute Gasteiger partial charge is 0.287 e. The zero-order chi connectivity index (χ0) is 24.4. The lowest BCUT2D eigenvalue weighted by Crippen LogP contribution is -2.24. The molecule has 3 aromatic carbocycles. The number of rotatable bonds is 6. The fourth-order valence-electron chi connectivity index (χ4n) is 3.25. The second kappa shape index (κ2) is 9.59. The van der Waals surface area contributed by atoms with Crippen LogP contribution in [0.2, 0.25) is 10.0 Å². The lowest BCUT2D eigenvalue weighted by atomic mass is 10.2. The Morgan fingerprint density at radius 1 is 1.21 bits per heavy atom. The van der Waals surface area contributed by atoms with Gasteiger partial charge in [0.1, 0.15) is 5.75 Å². The van der Waals surface area contributed by atoms with Crippen LogP contribution in [0.15, 0.2) is 48.5 Å². The lowest BCUT2D eigenvalue weighted by molar-refractivity contribution is 0.0941. The molecule has 172 valence electrons. The summed E-state index contributed by atoms with van der Waals surface area (Å²) in [6.07, 6.45) is 0. The van der Waals surface area contributed by atoms with E-state index in [-0.39, 0.29) is 45.0 Å². The number of aromatic nitrogens is 2. The molecule has 4 aromatic rings. The SMILES string of the molecule is CN(C)c1ccc2nc(C(=O)NCc3ccc(Cl)c(Oc4cc(Cl)cc(C#N)c4)c3F)[nH]c2c1. The third kappa shape index (κ3) is 4.91. The molecule has 0 aliphatic carbocycles. The van der Waals surface area contributed by atoms with Gasteiger partial charge in [0.2, 0.25) is 0 Å². The van der Waals surface area contributed by atoms with Gasteiger partial charge in [0.05, 0.1) is 27.7 Å². The molecule has 4 rings (SSSR count). The maximum absolute atomic E-state index is 15.2. The number of nitriles is 1. The molecule has 2 N–H and O–H groups in total. The number of nitrogens with zero attached hydrogens (tertiary/aromatic N) is 3. The number of imidazole rings is 1. The fraction of sp³-hybridized carbons (Fsp3) is 0.125. The molecule has 1 heterocycles. The Labute approximate surface area is 204 Å². The van der Waals surface area contributed by atoms with E-state index in [2.05, 4.69) is 15.3 Å². The van der Waals surface area contributed by atoms with E-state index in [4.69, 9.17) is 33.2 Å². The van der Waals surface area contributed by atoms with Crippen molar-refractivity contribution in [3.05, 3.63) is 81.3 Å².